The first-order chi connectivity index (χ1) is 41.7. The molecule has 17 nitrogen and oxygen atoms in total. The van der Waals surface area contributed by atoms with Gasteiger partial charge in [-0.2, -0.15) is 25.2 Å². The zero-order chi connectivity index (χ0) is 65.5. The molecule has 0 spiro atoms. The van der Waals surface area contributed by atoms with E-state index in [1.54, 1.807) is 24.3 Å². The fourth-order valence-corrected chi connectivity index (χ4v) is 12.4. The minimum atomic E-state index is -0.459. The van der Waals surface area contributed by atoms with E-state index in [-0.39, 0.29) is 37.8 Å². The standard InChI is InChI=1S/2C24H32N2O3.C15H10N2O2.C9H19NO2.B/c2*1-17-6-8-18(9-7-17)14-19-10-12-20(13-11-19)25-22(27)29-21-15-23(2,3)26(28)24(4,5)16-21;18-10-16-14-5-1-12(2-6-14)9-13-3-7-15(8-4-13)17-11-19;1-8(2)5-7(11)6-9(3,4)10(8)12;/h2*6-13,21,28H,14-16H2,1-5H3,(H,25,27);1-8H,9H2;7,11-12H,5-6H2,1-4H3;. The van der Waals surface area contributed by atoms with Crippen LogP contribution in [0.1, 0.15) is 166 Å². The lowest BCUT2D eigenvalue weighted by Crippen LogP contribution is -2.60. The van der Waals surface area contributed by atoms with E-state index in [9.17, 15) is 39.9 Å². The number of isocyanates is 2. The SMILES string of the molecule is CC1(C)CC(O)CC(C)(C)N1O.Cc1ccc(Cc2ccc(NC(=O)OC3CC(C)(C)N(O)C(C)(C)C3)cc2)cc1.Cc1ccc(Cc2ccc(NC(=O)OC3CC(C)(C)N(O)C(C)(C)C3)cc2)cc1.O=C=Nc1ccc(Cc2ccc(N=C=O)cc2)cc1.[B]. The number of aliphatic hydroxyl groups is 1. The zero-order valence-corrected chi connectivity index (χ0v) is 55.0. The second-order valence-electron chi connectivity index (χ2n) is 27.6. The van der Waals surface area contributed by atoms with Crippen LogP contribution in [0, 0.1) is 13.8 Å². The molecule has 2 amide bonds. The third-order valence-electron chi connectivity index (χ3n) is 16.5. The van der Waals surface area contributed by atoms with E-state index in [0.29, 0.717) is 61.3 Å². The first-order valence-corrected chi connectivity index (χ1v) is 30.4. The minimum Gasteiger partial charge on any atom is -0.446 e. The van der Waals surface area contributed by atoms with Crippen LogP contribution in [0.5, 0.6) is 0 Å². The Morgan fingerprint density at radius 2 is 0.644 bits per heavy atom. The number of hydroxylamine groups is 6. The Labute approximate surface area is 534 Å². The van der Waals surface area contributed by atoms with Crippen molar-refractivity contribution < 1.29 is 49.4 Å². The van der Waals surface area contributed by atoms with Gasteiger partial charge in [-0.15, -0.1) is 0 Å². The van der Waals surface area contributed by atoms with E-state index in [1.165, 1.54) is 60.7 Å². The maximum Gasteiger partial charge on any atom is 0.411 e. The molecule has 6 aromatic rings. The third kappa shape index (κ3) is 21.8. The first-order valence-electron chi connectivity index (χ1n) is 30.4. The summed E-state index contributed by atoms with van der Waals surface area (Å²) in [4.78, 5) is 52.0. The Bertz CT molecular complexity index is 3100. The number of rotatable bonds is 12. The number of hydrogen-bond acceptors (Lipinski definition) is 15. The molecule has 3 aliphatic heterocycles. The Hall–Kier alpha value is -7.60. The summed E-state index contributed by atoms with van der Waals surface area (Å²) in [5, 5.41) is 49.9. The Morgan fingerprint density at radius 3 is 0.889 bits per heavy atom. The number of amides is 2. The van der Waals surface area contributed by atoms with Gasteiger partial charge in [0.1, 0.15) is 12.2 Å². The average Bonchev–Trinajstić information content (AvgIpc) is 1.46. The van der Waals surface area contributed by atoms with E-state index in [0.717, 1.165) is 30.4 Å². The topological polar surface area (TPSA) is 226 Å². The zero-order valence-electron chi connectivity index (χ0n) is 55.0. The highest BCUT2D eigenvalue weighted by atomic mass is 16.6. The molecule has 3 radical (unpaired) electrons. The molecule has 0 saturated carbocycles. The Balaban J connectivity index is 0.000000227. The summed E-state index contributed by atoms with van der Waals surface area (Å²) in [6.45, 7) is 27.6. The number of carbonyl (C=O) groups excluding carboxylic acids is 4. The van der Waals surface area contributed by atoms with Crippen molar-refractivity contribution in [2.24, 2.45) is 9.98 Å². The van der Waals surface area contributed by atoms with E-state index >= 15 is 0 Å². The van der Waals surface area contributed by atoms with Gasteiger partial charge in [0.15, 0.2) is 0 Å². The minimum absolute atomic E-state index is 0. The molecule has 0 aliphatic carbocycles. The maximum atomic E-state index is 12.4. The van der Waals surface area contributed by atoms with Gasteiger partial charge < -0.3 is 30.2 Å². The van der Waals surface area contributed by atoms with Crippen LogP contribution < -0.4 is 10.6 Å². The number of anilines is 2. The lowest BCUT2D eigenvalue weighted by molar-refractivity contribution is -0.257. The van der Waals surface area contributed by atoms with Crippen LogP contribution in [0.4, 0.5) is 32.3 Å². The van der Waals surface area contributed by atoms with Crippen molar-refractivity contribution in [1.29, 1.82) is 0 Å². The highest BCUT2D eigenvalue weighted by molar-refractivity contribution is 5.85. The number of aliphatic imine (C=N–C) groups is 2. The molecule has 3 aliphatic rings. The van der Waals surface area contributed by atoms with Crippen molar-refractivity contribution in [2.75, 3.05) is 10.6 Å². The number of nitrogens with zero attached hydrogens (tertiary/aromatic N) is 5. The maximum absolute atomic E-state index is 12.4. The number of carbonyl (C=O) groups is 2. The molecule has 0 atom stereocenters. The Morgan fingerprint density at radius 1 is 0.422 bits per heavy atom. The van der Waals surface area contributed by atoms with Gasteiger partial charge in [0.25, 0.3) is 0 Å². The van der Waals surface area contributed by atoms with Gasteiger partial charge in [0, 0.05) is 78.7 Å². The monoisotopic (exact) mass is 1230 g/mol. The second-order valence-corrected chi connectivity index (χ2v) is 27.6. The number of nitrogens with one attached hydrogen (secondary N) is 2. The largest absolute Gasteiger partial charge is 0.446 e. The molecule has 9 rings (SSSR count). The summed E-state index contributed by atoms with van der Waals surface area (Å²) in [6, 6.07) is 47.4. The number of aliphatic hydroxyl groups excluding tert-OH is 1. The van der Waals surface area contributed by atoms with Crippen molar-refractivity contribution in [2.45, 2.75) is 206 Å². The van der Waals surface area contributed by atoms with Gasteiger partial charge in [-0.1, -0.05) is 108 Å². The average molecular weight is 1230 g/mol. The quantitative estimate of drug-likeness (QED) is 0.0381. The van der Waals surface area contributed by atoms with Crippen LogP contribution in [0.3, 0.4) is 0 Å². The van der Waals surface area contributed by atoms with E-state index in [4.69, 9.17) is 9.47 Å². The number of ether oxygens (including phenoxy) is 2. The highest BCUT2D eigenvalue weighted by Gasteiger charge is 2.48. The van der Waals surface area contributed by atoms with Gasteiger partial charge in [-0.25, -0.2) is 19.2 Å². The van der Waals surface area contributed by atoms with Gasteiger partial charge >= 0.3 is 12.2 Å². The molecule has 90 heavy (non-hydrogen) atoms. The molecule has 0 aromatic heterocycles. The van der Waals surface area contributed by atoms with Crippen LogP contribution >= 0.6 is 0 Å². The summed E-state index contributed by atoms with van der Waals surface area (Å²) in [5.41, 5.74) is 9.77. The summed E-state index contributed by atoms with van der Waals surface area (Å²) in [7, 11) is 0. The summed E-state index contributed by atoms with van der Waals surface area (Å²) < 4.78 is 11.3. The van der Waals surface area contributed by atoms with Gasteiger partial charge in [0.05, 0.1) is 17.5 Å². The lowest BCUT2D eigenvalue weighted by atomic mass is 9.80. The number of piperidine rings is 3. The van der Waals surface area contributed by atoms with Gasteiger partial charge in [-0.3, -0.25) is 10.6 Å². The number of hydrogen-bond donors (Lipinski definition) is 6. The van der Waals surface area contributed by atoms with Gasteiger partial charge in [-0.05, 0) is 211 Å². The highest BCUT2D eigenvalue weighted by Crippen LogP contribution is 2.40. The summed E-state index contributed by atoms with van der Waals surface area (Å²) >= 11 is 0. The van der Waals surface area contributed by atoms with E-state index < -0.39 is 34.3 Å². The molecule has 3 fully saturated rings. The normalized spacial score (nSPS) is 18.2. The fraction of sp³-hybridized carbons (Fsp3) is 0.444. The summed E-state index contributed by atoms with van der Waals surface area (Å²) in [5.74, 6) is 0. The van der Waals surface area contributed by atoms with Crippen molar-refractivity contribution >= 4 is 55.5 Å². The fourth-order valence-electron chi connectivity index (χ4n) is 12.4. The van der Waals surface area contributed by atoms with Crippen LogP contribution in [-0.2, 0) is 38.3 Å². The van der Waals surface area contributed by atoms with Crippen molar-refractivity contribution in [3.63, 3.8) is 0 Å². The third-order valence-corrected chi connectivity index (χ3v) is 16.5. The molecule has 0 unspecified atom stereocenters. The molecular weight excluding hydrogens is 1130 g/mol. The van der Waals surface area contributed by atoms with Crippen molar-refractivity contribution in [3.05, 3.63) is 190 Å². The second kappa shape index (κ2) is 31.4. The predicted molar refractivity (Wildman–Crippen MR) is 355 cm³/mol. The number of benzene rings is 6. The summed E-state index contributed by atoms with van der Waals surface area (Å²) in [6.07, 6.45) is 7.36. The van der Waals surface area contributed by atoms with E-state index in [2.05, 4.69) is 83.0 Å². The predicted octanol–water partition coefficient (Wildman–Crippen LogP) is 15.3. The molecule has 6 N–H and O–H groups in total. The smallest absolute Gasteiger partial charge is 0.411 e. The Kier molecular flexibility index (Phi) is 25.5. The lowest BCUT2D eigenvalue weighted by Gasteiger charge is -2.50. The van der Waals surface area contributed by atoms with Crippen molar-refractivity contribution in [3.8, 4) is 0 Å². The number of aryl methyl sites for hydroxylation is 2. The molecule has 3 saturated heterocycles. The molecule has 479 valence electrons. The van der Waals surface area contributed by atoms with Crippen LogP contribution in [-0.4, -0.2) is 120 Å². The molecule has 18 heteroatoms. The van der Waals surface area contributed by atoms with E-state index in [1.807, 2.05) is 156 Å². The van der Waals surface area contributed by atoms with Crippen LogP contribution in [0.2, 0.25) is 0 Å². The van der Waals surface area contributed by atoms with Crippen LogP contribution in [0.15, 0.2) is 156 Å². The molecular formula is C72H93BN7O10. The molecule has 3 heterocycles. The van der Waals surface area contributed by atoms with Crippen LogP contribution in [0.25, 0.3) is 0 Å². The van der Waals surface area contributed by atoms with Crippen molar-refractivity contribution in [1.82, 2.24) is 15.2 Å². The molecule has 6 aromatic carbocycles. The molecule has 0 bridgehead atoms. The van der Waals surface area contributed by atoms with Gasteiger partial charge in [0.2, 0.25) is 12.2 Å². The first kappa shape index (κ1) is 73.1.